The van der Waals surface area contributed by atoms with Crippen LogP contribution in [0, 0.1) is 5.92 Å². The Balaban J connectivity index is 1.41. The predicted octanol–water partition coefficient (Wildman–Crippen LogP) is 0.953. The number of hydrogen-bond donors (Lipinski definition) is 3. The van der Waals surface area contributed by atoms with E-state index < -0.39 is 0 Å². The third-order valence-corrected chi connectivity index (χ3v) is 7.03. The van der Waals surface area contributed by atoms with E-state index in [2.05, 4.69) is 22.0 Å². The Morgan fingerprint density at radius 3 is 2.35 bits per heavy atom. The number of piperidine rings is 1. The largest absolute Gasteiger partial charge is 0.394 e. The minimum atomic E-state index is -0.196. The molecule has 1 aliphatic carbocycles. The SMILES string of the molecule is CC1CN(CC2CCN(/C(N)=C/C=C(\N)C(=O)NC3CCCCC3)CC2)CCN1C=O. The average Bonchev–Trinajstić information content (AvgIpc) is 2.78. The third kappa shape index (κ3) is 6.89. The maximum Gasteiger partial charge on any atom is 0.267 e. The number of allylic oxidation sites excluding steroid dienone is 2. The zero-order chi connectivity index (χ0) is 22.2. The van der Waals surface area contributed by atoms with E-state index in [0.717, 1.165) is 71.4 Å². The molecule has 3 aliphatic rings. The number of carbonyl (C=O) groups excluding carboxylic acids is 2. The second-order valence-corrected chi connectivity index (χ2v) is 9.40. The summed E-state index contributed by atoms with van der Waals surface area (Å²) < 4.78 is 0. The van der Waals surface area contributed by atoms with Crippen molar-refractivity contribution >= 4 is 12.3 Å². The normalized spacial score (nSPS) is 25.5. The lowest BCUT2D eigenvalue weighted by Crippen LogP contribution is -2.52. The van der Waals surface area contributed by atoms with Crippen LogP contribution in [0.2, 0.25) is 0 Å². The van der Waals surface area contributed by atoms with Gasteiger partial charge in [0.2, 0.25) is 6.41 Å². The van der Waals surface area contributed by atoms with Crippen LogP contribution in [0.25, 0.3) is 0 Å². The van der Waals surface area contributed by atoms with Gasteiger partial charge in [0.05, 0.1) is 11.5 Å². The van der Waals surface area contributed by atoms with Gasteiger partial charge < -0.3 is 26.6 Å². The number of likely N-dealkylation sites (tertiary alicyclic amines) is 1. The van der Waals surface area contributed by atoms with E-state index in [4.69, 9.17) is 11.5 Å². The highest BCUT2D eigenvalue weighted by Crippen LogP contribution is 2.21. The molecule has 2 amide bonds. The number of hydrogen-bond acceptors (Lipinski definition) is 6. The Hall–Kier alpha value is -2.22. The number of amides is 2. The van der Waals surface area contributed by atoms with Crippen LogP contribution >= 0.6 is 0 Å². The highest BCUT2D eigenvalue weighted by Gasteiger charge is 2.26. The molecular weight excluding hydrogens is 392 g/mol. The summed E-state index contributed by atoms with van der Waals surface area (Å²) in [5, 5.41) is 3.03. The van der Waals surface area contributed by atoms with E-state index in [9.17, 15) is 9.59 Å². The van der Waals surface area contributed by atoms with E-state index >= 15 is 0 Å². The minimum Gasteiger partial charge on any atom is -0.394 e. The molecule has 0 aromatic rings. The lowest BCUT2D eigenvalue weighted by atomic mass is 9.95. The second-order valence-electron chi connectivity index (χ2n) is 9.40. The fourth-order valence-corrected chi connectivity index (χ4v) is 4.98. The topological polar surface area (TPSA) is 108 Å². The summed E-state index contributed by atoms with van der Waals surface area (Å²) in [6, 6.07) is 0.537. The summed E-state index contributed by atoms with van der Waals surface area (Å²) in [6.07, 6.45) is 12.2. The Kier molecular flexibility index (Phi) is 8.63. The van der Waals surface area contributed by atoms with Gasteiger partial charge in [-0.1, -0.05) is 19.3 Å². The number of piperazine rings is 1. The molecule has 2 aliphatic heterocycles. The molecule has 0 aromatic carbocycles. The summed E-state index contributed by atoms with van der Waals surface area (Å²) in [7, 11) is 0. The number of rotatable bonds is 7. The van der Waals surface area contributed by atoms with Crippen LogP contribution < -0.4 is 16.8 Å². The van der Waals surface area contributed by atoms with Crippen molar-refractivity contribution in [1.29, 1.82) is 0 Å². The average molecular weight is 433 g/mol. The molecule has 174 valence electrons. The van der Waals surface area contributed by atoms with Gasteiger partial charge in [0, 0.05) is 51.4 Å². The van der Waals surface area contributed by atoms with Gasteiger partial charge in [-0.05, 0) is 50.7 Å². The van der Waals surface area contributed by atoms with Crippen LogP contribution in [-0.4, -0.2) is 78.4 Å². The molecule has 1 saturated carbocycles. The lowest BCUT2D eigenvalue weighted by Gasteiger charge is -2.41. The smallest absolute Gasteiger partial charge is 0.267 e. The molecule has 1 atom stereocenters. The van der Waals surface area contributed by atoms with Gasteiger partial charge in [0.1, 0.15) is 0 Å². The second kappa shape index (κ2) is 11.4. The van der Waals surface area contributed by atoms with Crippen molar-refractivity contribution in [3.05, 3.63) is 23.7 Å². The third-order valence-electron chi connectivity index (χ3n) is 7.03. The molecular formula is C23H40N6O2. The lowest BCUT2D eigenvalue weighted by molar-refractivity contribution is -0.122. The molecule has 31 heavy (non-hydrogen) atoms. The minimum absolute atomic E-state index is 0.196. The van der Waals surface area contributed by atoms with Crippen molar-refractivity contribution in [2.45, 2.75) is 64.0 Å². The van der Waals surface area contributed by atoms with Crippen molar-refractivity contribution in [2.75, 3.05) is 39.3 Å². The molecule has 0 aromatic heterocycles. The first-order valence-electron chi connectivity index (χ1n) is 11.9. The van der Waals surface area contributed by atoms with E-state index in [0.29, 0.717) is 11.7 Å². The van der Waals surface area contributed by atoms with Gasteiger partial charge in [-0.3, -0.25) is 14.5 Å². The van der Waals surface area contributed by atoms with Crippen LogP contribution in [0.5, 0.6) is 0 Å². The number of nitrogens with zero attached hydrogens (tertiary/aromatic N) is 3. The number of nitrogens with one attached hydrogen (secondary N) is 1. The van der Waals surface area contributed by atoms with Crippen molar-refractivity contribution < 1.29 is 9.59 Å². The van der Waals surface area contributed by atoms with Gasteiger partial charge in [-0.15, -0.1) is 0 Å². The van der Waals surface area contributed by atoms with Crippen LogP contribution in [0.3, 0.4) is 0 Å². The first kappa shape index (κ1) is 23.4. The zero-order valence-electron chi connectivity index (χ0n) is 19.0. The number of carbonyl (C=O) groups is 2. The Bertz CT molecular complexity index is 665. The van der Waals surface area contributed by atoms with Gasteiger partial charge in [-0.25, -0.2) is 0 Å². The van der Waals surface area contributed by atoms with Crippen LogP contribution in [0.4, 0.5) is 0 Å². The highest BCUT2D eigenvalue weighted by atomic mass is 16.2. The van der Waals surface area contributed by atoms with Crippen molar-refractivity contribution in [3.63, 3.8) is 0 Å². The molecule has 2 saturated heterocycles. The number of nitrogens with two attached hydrogens (primary N) is 2. The van der Waals surface area contributed by atoms with Crippen molar-refractivity contribution in [1.82, 2.24) is 20.0 Å². The molecule has 0 spiro atoms. The quantitative estimate of drug-likeness (QED) is 0.314. The molecule has 5 N–H and O–H groups in total. The van der Waals surface area contributed by atoms with E-state index in [1.807, 2.05) is 4.90 Å². The fourth-order valence-electron chi connectivity index (χ4n) is 4.98. The summed E-state index contributed by atoms with van der Waals surface area (Å²) in [5.41, 5.74) is 12.4. The van der Waals surface area contributed by atoms with E-state index in [-0.39, 0.29) is 23.7 Å². The fraction of sp³-hybridized carbons (Fsp3) is 0.739. The standard InChI is InChI=1S/C23H40N6O2/c1-18-15-27(13-14-29(18)17-30)16-19-9-11-28(12-10-19)22(25)8-7-21(24)23(31)26-20-5-3-2-4-6-20/h7-8,17-20H,2-6,9-16,24-25H2,1H3,(H,26,31)/b21-7-,22-8+. The summed E-state index contributed by atoms with van der Waals surface area (Å²) in [6.45, 7) is 7.76. The Morgan fingerprint density at radius 2 is 1.71 bits per heavy atom. The van der Waals surface area contributed by atoms with Gasteiger partial charge in [0.25, 0.3) is 5.91 Å². The van der Waals surface area contributed by atoms with E-state index in [1.54, 1.807) is 12.2 Å². The van der Waals surface area contributed by atoms with Gasteiger partial charge in [0.15, 0.2) is 0 Å². The van der Waals surface area contributed by atoms with Crippen LogP contribution in [0.15, 0.2) is 23.7 Å². The van der Waals surface area contributed by atoms with E-state index in [1.165, 1.54) is 19.3 Å². The molecule has 2 heterocycles. The zero-order valence-corrected chi connectivity index (χ0v) is 19.0. The summed E-state index contributed by atoms with van der Waals surface area (Å²) in [4.78, 5) is 29.9. The molecule has 0 bridgehead atoms. The highest BCUT2D eigenvalue weighted by molar-refractivity contribution is 5.92. The summed E-state index contributed by atoms with van der Waals surface area (Å²) >= 11 is 0. The maximum atomic E-state index is 12.3. The first-order chi connectivity index (χ1) is 15.0. The molecule has 3 rings (SSSR count). The Labute approximate surface area is 186 Å². The Morgan fingerprint density at radius 1 is 1.00 bits per heavy atom. The van der Waals surface area contributed by atoms with Gasteiger partial charge in [-0.2, -0.15) is 0 Å². The summed E-state index contributed by atoms with van der Waals surface area (Å²) in [5.74, 6) is 1.12. The van der Waals surface area contributed by atoms with Gasteiger partial charge >= 0.3 is 0 Å². The predicted molar refractivity (Wildman–Crippen MR) is 123 cm³/mol. The molecule has 8 nitrogen and oxygen atoms in total. The molecule has 3 fully saturated rings. The van der Waals surface area contributed by atoms with Crippen LogP contribution in [0.1, 0.15) is 51.9 Å². The molecule has 0 radical (unpaired) electrons. The first-order valence-corrected chi connectivity index (χ1v) is 11.9. The maximum absolute atomic E-state index is 12.3. The molecule has 8 heteroatoms. The van der Waals surface area contributed by atoms with Crippen molar-refractivity contribution in [2.24, 2.45) is 17.4 Å². The monoisotopic (exact) mass is 432 g/mol. The molecule has 1 unspecified atom stereocenters. The van der Waals surface area contributed by atoms with Crippen LogP contribution in [-0.2, 0) is 9.59 Å². The van der Waals surface area contributed by atoms with Crippen molar-refractivity contribution in [3.8, 4) is 0 Å².